The van der Waals surface area contributed by atoms with Gasteiger partial charge in [-0.3, -0.25) is 19.3 Å². The van der Waals surface area contributed by atoms with Crippen LogP contribution < -0.4 is 4.90 Å². The summed E-state index contributed by atoms with van der Waals surface area (Å²) < 4.78 is 5.15. The Morgan fingerprint density at radius 3 is 2.68 bits per heavy atom. The maximum atomic E-state index is 13.0. The monoisotopic (exact) mass is 434 g/mol. The van der Waals surface area contributed by atoms with E-state index in [2.05, 4.69) is 0 Å². The number of thioether (sulfide) groups is 1. The van der Waals surface area contributed by atoms with E-state index in [9.17, 15) is 14.4 Å². The minimum atomic E-state index is -0.602. The Morgan fingerprint density at radius 1 is 1.11 bits per heavy atom. The number of carbonyl (C=O) groups is 3. The number of nitrogens with zero attached hydrogens (tertiary/aromatic N) is 2. The second-order valence-electron chi connectivity index (χ2n) is 6.14. The van der Waals surface area contributed by atoms with Gasteiger partial charge in [0.1, 0.15) is 6.54 Å². The van der Waals surface area contributed by atoms with Crippen LogP contribution in [0.15, 0.2) is 52.3 Å². The van der Waals surface area contributed by atoms with Gasteiger partial charge in [-0.15, -0.1) is 11.8 Å². The molecule has 0 saturated carbocycles. The number of hydrogen-bond donors (Lipinski definition) is 0. The van der Waals surface area contributed by atoms with E-state index in [-0.39, 0.29) is 18.4 Å². The van der Waals surface area contributed by atoms with Gasteiger partial charge in [-0.05, 0) is 30.3 Å². The van der Waals surface area contributed by atoms with Crippen molar-refractivity contribution in [3.8, 4) is 0 Å². The van der Waals surface area contributed by atoms with Crippen molar-refractivity contribution in [1.29, 1.82) is 0 Å². The topological polar surface area (TPSA) is 66.9 Å². The fourth-order valence-electron chi connectivity index (χ4n) is 2.95. The lowest BCUT2D eigenvalue weighted by atomic mass is 10.2. The van der Waals surface area contributed by atoms with Gasteiger partial charge >= 0.3 is 5.97 Å². The molecule has 9 heteroatoms. The van der Waals surface area contributed by atoms with Crippen molar-refractivity contribution in [2.45, 2.75) is 9.79 Å². The van der Waals surface area contributed by atoms with E-state index >= 15 is 0 Å². The van der Waals surface area contributed by atoms with Crippen LogP contribution in [0.25, 0.3) is 0 Å². The minimum Gasteiger partial charge on any atom is -0.454 e. The molecule has 0 bridgehead atoms. The SMILES string of the molecule is O=C(CN1CSCC1=O)OCC(=O)N1c2ccccc2Sc2ccc(Cl)cc21. The number of hydrogen-bond acceptors (Lipinski definition) is 6. The molecule has 28 heavy (non-hydrogen) atoms. The first-order chi connectivity index (χ1) is 13.5. The number of para-hydroxylation sites is 1. The summed E-state index contributed by atoms with van der Waals surface area (Å²) in [6.45, 7) is -0.563. The van der Waals surface area contributed by atoms with Crippen molar-refractivity contribution in [1.82, 2.24) is 4.90 Å². The van der Waals surface area contributed by atoms with Crippen molar-refractivity contribution in [2.24, 2.45) is 0 Å². The van der Waals surface area contributed by atoms with Gasteiger partial charge in [0.15, 0.2) is 6.61 Å². The number of anilines is 2. The summed E-state index contributed by atoms with van der Waals surface area (Å²) in [7, 11) is 0. The quantitative estimate of drug-likeness (QED) is 0.685. The summed E-state index contributed by atoms with van der Waals surface area (Å²) in [6.07, 6.45) is 0. The summed E-state index contributed by atoms with van der Waals surface area (Å²) >= 11 is 9.13. The molecule has 6 nitrogen and oxygen atoms in total. The molecule has 1 fully saturated rings. The first-order valence-electron chi connectivity index (χ1n) is 8.43. The Kier molecular flexibility index (Phi) is 5.52. The van der Waals surface area contributed by atoms with E-state index in [1.165, 1.54) is 21.6 Å². The number of ether oxygens (including phenoxy) is 1. The molecule has 144 valence electrons. The molecule has 2 heterocycles. The van der Waals surface area contributed by atoms with Gasteiger partial charge in [-0.1, -0.05) is 35.5 Å². The second-order valence-corrected chi connectivity index (χ2v) is 8.62. The van der Waals surface area contributed by atoms with Crippen molar-refractivity contribution < 1.29 is 19.1 Å². The summed E-state index contributed by atoms with van der Waals surface area (Å²) in [5, 5.41) is 0.513. The Hall–Kier alpha value is -2.16. The minimum absolute atomic E-state index is 0.0983. The van der Waals surface area contributed by atoms with Crippen molar-refractivity contribution in [3.63, 3.8) is 0 Å². The lowest BCUT2D eigenvalue weighted by Crippen LogP contribution is -2.36. The number of halogens is 1. The Labute approximate surface area is 175 Å². The first-order valence-corrected chi connectivity index (χ1v) is 10.8. The van der Waals surface area contributed by atoms with Crippen LogP contribution in [0, 0.1) is 0 Å². The molecule has 0 aliphatic carbocycles. The number of rotatable bonds is 4. The van der Waals surface area contributed by atoms with Crippen LogP contribution in [0.4, 0.5) is 11.4 Å². The predicted molar refractivity (Wildman–Crippen MR) is 109 cm³/mol. The largest absolute Gasteiger partial charge is 0.454 e. The molecule has 1 saturated heterocycles. The Balaban J connectivity index is 1.51. The number of fused-ring (bicyclic) bond motifs is 2. The number of amides is 2. The summed E-state index contributed by atoms with van der Waals surface area (Å²) in [4.78, 5) is 41.4. The van der Waals surface area contributed by atoms with Gasteiger partial charge in [-0.2, -0.15) is 0 Å². The van der Waals surface area contributed by atoms with Gasteiger partial charge in [0, 0.05) is 14.8 Å². The van der Waals surface area contributed by atoms with E-state index < -0.39 is 12.6 Å². The fraction of sp³-hybridized carbons (Fsp3) is 0.211. The zero-order chi connectivity index (χ0) is 19.7. The van der Waals surface area contributed by atoms with Crippen LogP contribution in [0.1, 0.15) is 0 Å². The maximum Gasteiger partial charge on any atom is 0.326 e. The van der Waals surface area contributed by atoms with Gasteiger partial charge in [0.2, 0.25) is 5.91 Å². The smallest absolute Gasteiger partial charge is 0.326 e. The number of esters is 1. The molecule has 0 unspecified atom stereocenters. The lowest BCUT2D eigenvalue weighted by molar-refractivity contribution is -0.150. The Morgan fingerprint density at radius 2 is 1.89 bits per heavy atom. The highest BCUT2D eigenvalue weighted by molar-refractivity contribution is 8.00. The van der Waals surface area contributed by atoms with Crippen molar-refractivity contribution >= 4 is 64.3 Å². The third kappa shape index (κ3) is 3.85. The second kappa shape index (κ2) is 8.06. The molecule has 0 atom stereocenters. The maximum absolute atomic E-state index is 13.0. The van der Waals surface area contributed by atoms with Crippen LogP contribution in [0.5, 0.6) is 0 Å². The van der Waals surface area contributed by atoms with E-state index in [4.69, 9.17) is 16.3 Å². The molecular weight excluding hydrogens is 420 g/mol. The third-order valence-electron chi connectivity index (χ3n) is 4.24. The molecular formula is C19H15ClN2O4S2. The van der Waals surface area contributed by atoms with E-state index in [1.54, 1.807) is 23.9 Å². The van der Waals surface area contributed by atoms with Gasteiger partial charge in [0.25, 0.3) is 5.91 Å². The van der Waals surface area contributed by atoms with Crippen LogP contribution >= 0.6 is 35.1 Å². The highest BCUT2D eigenvalue weighted by Crippen LogP contribution is 2.48. The van der Waals surface area contributed by atoms with Gasteiger partial charge in [-0.25, -0.2) is 0 Å². The molecule has 2 aromatic carbocycles. The Bertz CT molecular complexity index is 969. The summed E-state index contributed by atoms with van der Waals surface area (Å²) in [6, 6.07) is 12.9. The standard InChI is InChI=1S/C19H15ClN2O4S2/c20-12-5-6-16-14(7-12)22(13-3-1-2-4-15(13)28-16)17(23)9-26-19(25)8-21-11-27-10-18(21)24/h1-7H,8-11H2. The van der Waals surface area contributed by atoms with E-state index in [0.29, 0.717) is 22.3 Å². The zero-order valence-electron chi connectivity index (χ0n) is 14.6. The third-order valence-corrected chi connectivity index (χ3v) is 6.55. The first kappa shape index (κ1) is 19.2. The molecule has 2 aliphatic heterocycles. The highest BCUT2D eigenvalue weighted by Gasteiger charge is 2.29. The predicted octanol–water partition coefficient (Wildman–Crippen LogP) is 3.55. The molecule has 0 N–H and O–H groups in total. The molecule has 0 spiro atoms. The average molecular weight is 435 g/mol. The normalized spacial score (nSPS) is 15.2. The van der Waals surface area contributed by atoms with Crippen LogP contribution in [-0.2, 0) is 19.1 Å². The zero-order valence-corrected chi connectivity index (χ0v) is 17.0. The van der Waals surface area contributed by atoms with Gasteiger partial charge < -0.3 is 9.64 Å². The fourth-order valence-corrected chi connectivity index (χ4v) is 5.05. The van der Waals surface area contributed by atoms with Crippen LogP contribution in [0.2, 0.25) is 5.02 Å². The van der Waals surface area contributed by atoms with Crippen molar-refractivity contribution in [3.05, 3.63) is 47.5 Å². The van der Waals surface area contributed by atoms with Gasteiger partial charge in [0.05, 0.1) is 23.0 Å². The van der Waals surface area contributed by atoms with E-state index in [0.717, 1.165) is 15.5 Å². The molecule has 2 aliphatic rings. The molecule has 0 aromatic heterocycles. The van der Waals surface area contributed by atoms with Crippen LogP contribution in [0.3, 0.4) is 0 Å². The number of carbonyl (C=O) groups excluding carboxylic acids is 3. The van der Waals surface area contributed by atoms with Crippen molar-refractivity contribution in [2.75, 3.05) is 29.7 Å². The number of benzene rings is 2. The average Bonchev–Trinajstić information content (AvgIpc) is 3.08. The highest BCUT2D eigenvalue weighted by atomic mass is 35.5. The summed E-state index contributed by atoms with van der Waals surface area (Å²) in [5.74, 6) is -0.253. The molecule has 2 aromatic rings. The molecule has 0 radical (unpaired) electrons. The van der Waals surface area contributed by atoms with Crippen LogP contribution in [-0.4, -0.2) is 47.5 Å². The molecule has 4 rings (SSSR count). The lowest BCUT2D eigenvalue weighted by Gasteiger charge is -2.31. The summed E-state index contributed by atoms with van der Waals surface area (Å²) in [5.41, 5.74) is 1.37. The molecule has 2 amide bonds. The van der Waals surface area contributed by atoms with E-state index in [1.807, 2.05) is 30.3 Å².